The molecule has 3 aromatic rings. The van der Waals surface area contributed by atoms with E-state index in [0.717, 1.165) is 5.56 Å². The number of carbonyl (C=O) groups is 2. The zero-order chi connectivity index (χ0) is 28.7. The molecule has 2 amide bonds. The SMILES string of the molecule is COc1ccc(C(=O)Nc2ccc3c(c2)[C@@]2(O[C@H](CCO)[C@@H](C(C)(C)F)[C@@H]2C)C(=O)N3Cc2ccccc2)cc1. The Morgan fingerprint density at radius 3 is 2.45 bits per heavy atom. The molecule has 8 heteroatoms. The second kappa shape index (κ2) is 10.7. The number of fused-ring (bicyclic) bond motifs is 2. The number of rotatable bonds is 8. The normalized spacial score (nSPS) is 23.9. The maximum atomic E-state index is 15.6. The molecule has 0 unspecified atom stereocenters. The van der Waals surface area contributed by atoms with E-state index in [2.05, 4.69) is 5.32 Å². The highest BCUT2D eigenvalue weighted by atomic mass is 19.1. The summed E-state index contributed by atoms with van der Waals surface area (Å²) in [6.45, 7) is 4.96. The minimum atomic E-state index is -1.66. The molecule has 1 saturated heterocycles. The Morgan fingerprint density at radius 2 is 1.82 bits per heavy atom. The largest absolute Gasteiger partial charge is 0.497 e. The van der Waals surface area contributed by atoms with Crippen molar-refractivity contribution < 1.29 is 28.6 Å². The summed E-state index contributed by atoms with van der Waals surface area (Å²) in [5, 5.41) is 12.7. The average molecular weight is 547 g/mol. The van der Waals surface area contributed by atoms with E-state index in [4.69, 9.17) is 9.47 Å². The predicted molar refractivity (Wildman–Crippen MR) is 151 cm³/mol. The molecule has 2 aliphatic heterocycles. The molecule has 2 heterocycles. The fraction of sp³-hybridized carbons (Fsp3) is 0.375. The molecule has 5 rings (SSSR count). The van der Waals surface area contributed by atoms with Crippen molar-refractivity contribution in [3.8, 4) is 5.75 Å². The highest BCUT2D eigenvalue weighted by Gasteiger charge is 2.66. The minimum absolute atomic E-state index is 0.188. The number of carbonyl (C=O) groups excluding carboxylic acids is 2. The number of ether oxygens (including phenoxy) is 2. The number of benzene rings is 3. The van der Waals surface area contributed by atoms with Gasteiger partial charge in [-0.05, 0) is 68.3 Å². The van der Waals surface area contributed by atoms with Crippen molar-refractivity contribution in [2.24, 2.45) is 11.8 Å². The Balaban J connectivity index is 1.57. The van der Waals surface area contributed by atoms with Crippen LogP contribution < -0.4 is 15.0 Å². The van der Waals surface area contributed by atoms with Crippen molar-refractivity contribution in [2.75, 3.05) is 23.9 Å². The maximum Gasteiger partial charge on any atom is 0.264 e. The van der Waals surface area contributed by atoms with Crippen LogP contribution in [0.2, 0.25) is 0 Å². The summed E-state index contributed by atoms with van der Waals surface area (Å²) in [6, 6.07) is 21.7. The second-order valence-corrected chi connectivity index (χ2v) is 11.1. The number of hydrogen-bond donors (Lipinski definition) is 2. The van der Waals surface area contributed by atoms with Crippen LogP contribution in [0.4, 0.5) is 15.8 Å². The fourth-order valence-electron chi connectivity index (χ4n) is 6.39. The third-order valence-corrected chi connectivity index (χ3v) is 8.17. The van der Waals surface area contributed by atoms with Crippen LogP contribution in [0.25, 0.3) is 0 Å². The van der Waals surface area contributed by atoms with E-state index in [1.807, 2.05) is 37.3 Å². The summed E-state index contributed by atoms with van der Waals surface area (Å²) in [5.41, 5.74) is 0.00745. The lowest BCUT2D eigenvalue weighted by Gasteiger charge is -2.32. The molecule has 3 aromatic carbocycles. The zero-order valence-corrected chi connectivity index (χ0v) is 23.2. The van der Waals surface area contributed by atoms with Crippen molar-refractivity contribution in [3.05, 3.63) is 89.5 Å². The lowest BCUT2D eigenvalue weighted by Crippen LogP contribution is -2.45. The third kappa shape index (κ3) is 4.75. The number of nitrogens with zero attached hydrogens (tertiary/aromatic N) is 1. The van der Waals surface area contributed by atoms with Crippen LogP contribution in [0.3, 0.4) is 0 Å². The molecule has 1 fully saturated rings. The average Bonchev–Trinajstić information content (AvgIpc) is 3.36. The highest BCUT2D eigenvalue weighted by Crippen LogP contribution is 2.58. The van der Waals surface area contributed by atoms with E-state index in [9.17, 15) is 14.7 Å². The molecular formula is C32H35FN2O5. The molecule has 1 spiro atoms. The number of alkyl halides is 1. The maximum absolute atomic E-state index is 15.6. The fourth-order valence-corrected chi connectivity index (χ4v) is 6.39. The van der Waals surface area contributed by atoms with E-state index in [1.165, 1.54) is 13.8 Å². The van der Waals surface area contributed by atoms with Crippen LogP contribution in [0.1, 0.15) is 48.7 Å². The van der Waals surface area contributed by atoms with Crippen LogP contribution in [-0.2, 0) is 21.7 Å². The second-order valence-electron chi connectivity index (χ2n) is 11.1. The molecule has 2 aliphatic rings. The van der Waals surface area contributed by atoms with Gasteiger partial charge in [0.1, 0.15) is 11.4 Å². The van der Waals surface area contributed by atoms with Gasteiger partial charge in [0, 0.05) is 35.3 Å². The number of hydrogen-bond acceptors (Lipinski definition) is 5. The molecule has 0 bridgehead atoms. The van der Waals surface area contributed by atoms with E-state index < -0.39 is 29.2 Å². The van der Waals surface area contributed by atoms with Gasteiger partial charge in [0.05, 0.1) is 25.4 Å². The number of aliphatic hydroxyl groups is 1. The van der Waals surface area contributed by atoms with Gasteiger partial charge in [0.2, 0.25) is 0 Å². The van der Waals surface area contributed by atoms with Crippen LogP contribution in [0.5, 0.6) is 5.75 Å². The summed E-state index contributed by atoms with van der Waals surface area (Å²) in [4.78, 5) is 29.1. The van der Waals surface area contributed by atoms with Gasteiger partial charge in [-0.25, -0.2) is 4.39 Å². The number of nitrogens with one attached hydrogen (secondary N) is 1. The zero-order valence-electron chi connectivity index (χ0n) is 23.2. The Labute approximate surface area is 233 Å². The summed E-state index contributed by atoms with van der Waals surface area (Å²) < 4.78 is 27.4. The Kier molecular flexibility index (Phi) is 7.42. The molecule has 210 valence electrons. The number of amides is 2. The van der Waals surface area contributed by atoms with E-state index in [0.29, 0.717) is 34.8 Å². The minimum Gasteiger partial charge on any atom is -0.497 e. The number of anilines is 2. The van der Waals surface area contributed by atoms with E-state index in [1.54, 1.807) is 54.5 Å². The molecule has 0 saturated carbocycles. The van der Waals surface area contributed by atoms with Crippen LogP contribution in [0.15, 0.2) is 72.8 Å². The first-order valence-corrected chi connectivity index (χ1v) is 13.5. The lowest BCUT2D eigenvalue weighted by molar-refractivity contribution is -0.146. The molecule has 0 aromatic heterocycles. The molecule has 2 N–H and O–H groups in total. The summed E-state index contributed by atoms with van der Waals surface area (Å²) in [7, 11) is 1.56. The van der Waals surface area contributed by atoms with E-state index >= 15 is 4.39 Å². The highest BCUT2D eigenvalue weighted by molar-refractivity contribution is 6.09. The van der Waals surface area contributed by atoms with Gasteiger partial charge in [-0.3, -0.25) is 9.59 Å². The monoisotopic (exact) mass is 546 g/mol. The van der Waals surface area contributed by atoms with Crippen LogP contribution >= 0.6 is 0 Å². The number of halogens is 1. The smallest absolute Gasteiger partial charge is 0.264 e. The molecule has 0 radical (unpaired) electrons. The summed E-state index contributed by atoms with van der Waals surface area (Å²) in [6.07, 6.45) is -0.453. The molecule has 0 aliphatic carbocycles. The van der Waals surface area contributed by atoms with Gasteiger partial charge < -0.3 is 24.8 Å². The van der Waals surface area contributed by atoms with Crippen molar-refractivity contribution >= 4 is 23.2 Å². The first-order valence-electron chi connectivity index (χ1n) is 13.5. The Hall–Kier alpha value is -3.75. The predicted octanol–water partition coefficient (Wildman–Crippen LogP) is 5.47. The summed E-state index contributed by atoms with van der Waals surface area (Å²) >= 11 is 0. The van der Waals surface area contributed by atoms with Gasteiger partial charge in [-0.2, -0.15) is 0 Å². The Bertz CT molecular complexity index is 1390. The topological polar surface area (TPSA) is 88.1 Å². The summed E-state index contributed by atoms with van der Waals surface area (Å²) in [5.74, 6) is -1.12. The molecular weight excluding hydrogens is 511 g/mol. The van der Waals surface area contributed by atoms with E-state index in [-0.39, 0.29) is 24.8 Å². The van der Waals surface area contributed by atoms with Crippen LogP contribution in [0, 0.1) is 11.8 Å². The number of methoxy groups -OCH3 is 1. The first-order chi connectivity index (χ1) is 19.1. The first kappa shape index (κ1) is 27.8. The van der Waals surface area contributed by atoms with Gasteiger partial charge in [0.15, 0.2) is 5.60 Å². The van der Waals surface area contributed by atoms with Gasteiger partial charge in [-0.1, -0.05) is 37.3 Å². The molecule has 40 heavy (non-hydrogen) atoms. The van der Waals surface area contributed by atoms with Gasteiger partial charge in [0.25, 0.3) is 11.8 Å². The molecule has 4 atom stereocenters. The Morgan fingerprint density at radius 1 is 1.12 bits per heavy atom. The van der Waals surface area contributed by atoms with Crippen LogP contribution in [-0.4, -0.2) is 42.4 Å². The van der Waals surface area contributed by atoms with Crippen molar-refractivity contribution in [1.82, 2.24) is 0 Å². The standard InChI is InChI=1S/C32H35FN2O5/c1-20-28(31(2,3)33)27(16-17-36)40-32(20)25-18-23(34-29(37)22-10-13-24(39-4)14-11-22)12-15-26(25)35(30(32)38)19-21-8-6-5-7-9-21/h5-15,18,20,27-28,36H,16-17,19H2,1-4H3,(H,34,37)/t20-,27+,28-,32+/m0/s1. The van der Waals surface area contributed by atoms with Crippen molar-refractivity contribution in [1.29, 1.82) is 0 Å². The lowest BCUT2D eigenvalue weighted by atomic mass is 9.71. The number of aliphatic hydroxyl groups excluding tert-OH is 1. The third-order valence-electron chi connectivity index (χ3n) is 8.17. The van der Waals surface area contributed by atoms with Crippen molar-refractivity contribution in [2.45, 2.75) is 51.1 Å². The van der Waals surface area contributed by atoms with Gasteiger partial charge in [-0.15, -0.1) is 0 Å². The van der Waals surface area contributed by atoms with Crippen molar-refractivity contribution in [3.63, 3.8) is 0 Å². The quantitative estimate of drug-likeness (QED) is 0.391. The van der Waals surface area contributed by atoms with Gasteiger partial charge >= 0.3 is 0 Å². The molecule has 7 nitrogen and oxygen atoms in total.